The van der Waals surface area contributed by atoms with Crippen molar-refractivity contribution in [2.24, 2.45) is 0 Å². The van der Waals surface area contributed by atoms with Gasteiger partial charge in [0.1, 0.15) is 10.6 Å². The zero-order valence-electron chi connectivity index (χ0n) is 16.3. The number of ether oxygens (including phenoxy) is 1. The number of hydrogen-bond donors (Lipinski definition) is 0. The lowest BCUT2D eigenvalue weighted by molar-refractivity contribution is 0.0140. The first-order valence-electron chi connectivity index (χ1n) is 10.2. The Kier molecular flexibility index (Phi) is 5.20. The largest absolute Gasteiger partial charge is 0.379 e. The minimum Gasteiger partial charge on any atom is -0.379 e. The van der Waals surface area contributed by atoms with E-state index in [1.54, 1.807) is 34.4 Å². The van der Waals surface area contributed by atoms with Crippen LogP contribution in [0.4, 0.5) is 4.39 Å². The van der Waals surface area contributed by atoms with Crippen LogP contribution in [0.3, 0.4) is 0 Å². The molecular weight excluding hydrogens is 389 g/mol. The highest BCUT2D eigenvalue weighted by atomic mass is 32.1. The van der Waals surface area contributed by atoms with E-state index in [4.69, 9.17) is 4.74 Å². The number of aromatic nitrogens is 2. The molecule has 7 heteroatoms. The van der Waals surface area contributed by atoms with Crippen molar-refractivity contribution >= 4 is 21.6 Å². The predicted octanol–water partition coefficient (Wildman–Crippen LogP) is 3.03. The Bertz CT molecular complexity index is 1070. The molecule has 1 fully saturated rings. The van der Waals surface area contributed by atoms with E-state index in [9.17, 15) is 9.18 Å². The van der Waals surface area contributed by atoms with Crippen molar-refractivity contribution in [1.29, 1.82) is 0 Å². The van der Waals surface area contributed by atoms with Crippen molar-refractivity contribution in [3.8, 4) is 0 Å². The van der Waals surface area contributed by atoms with Crippen LogP contribution >= 0.6 is 11.3 Å². The molecule has 5 rings (SSSR count). The summed E-state index contributed by atoms with van der Waals surface area (Å²) in [4.78, 5) is 22.5. The number of aryl methyl sites for hydroxylation is 3. The summed E-state index contributed by atoms with van der Waals surface area (Å²) in [6, 6.07) is 6.99. The number of morpholine rings is 1. The Morgan fingerprint density at radius 3 is 2.79 bits per heavy atom. The van der Waals surface area contributed by atoms with Crippen molar-refractivity contribution in [2.45, 2.75) is 38.3 Å². The van der Waals surface area contributed by atoms with Crippen LogP contribution in [-0.2, 0) is 30.5 Å². The first-order chi connectivity index (χ1) is 14.2. The van der Waals surface area contributed by atoms with Crippen molar-refractivity contribution in [1.82, 2.24) is 14.5 Å². The molecule has 2 aromatic heterocycles. The SMILES string of the molecule is O=c1c2c3c(sc2ncn1CCc1ccc(F)cc1)C[C@@H](N1CCOCC1)CC3. The maximum atomic E-state index is 13.2. The Morgan fingerprint density at radius 2 is 2.00 bits per heavy atom. The Hall–Kier alpha value is -2.09. The molecular formula is C22H24FN3O2S. The fourth-order valence-electron chi connectivity index (χ4n) is 4.50. The number of halogens is 1. The van der Waals surface area contributed by atoms with Crippen LogP contribution in [0.1, 0.15) is 22.4 Å². The summed E-state index contributed by atoms with van der Waals surface area (Å²) >= 11 is 1.68. The highest BCUT2D eigenvalue weighted by Crippen LogP contribution is 2.35. The third-order valence-corrected chi connectivity index (χ3v) is 7.29. The smallest absolute Gasteiger partial charge is 0.262 e. The quantitative estimate of drug-likeness (QED) is 0.660. The summed E-state index contributed by atoms with van der Waals surface area (Å²) in [7, 11) is 0. The van der Waals surface area contributed by atoms with E-state index in [2.05, 4.69) is 9.88 Å². The second-order valence-corrected chi connectivity index (χ2v) is 8.93. The molecule has 0 amide bonds. The lowest BCUT2D eigenvalue weighted by atomic mass is 9.92. The van der Waals surface area contributed by atoms with Crippen molar-refractivity contribution in [3.05, 3.63) is 62.8 Å². The first-order valence-corrected chi connectivity index (χ1v) is 11.1. The monoisotopic (exact) mass is 413 g/mol. The molecule has 2 aliphatic rings. The summed E-state index contributed by atoms with van der Waals surface area (Å²) in [5.41, 5.74) is 2.28. The molecule has 152 valence electrons. The molecule has 29 heavy (non-hydrogen) atoms. The van der Waals surface area contributed by atoms with Crippen LogP contribution in [0, 0.1) is 5.82 Å². The maximum Gasteiger partial charge on any atom is 0.262 e. The molecule has 5 nitrogen and oxygen atoms in total. The summed E-state index contributed by atoms with van der Waals surface area (Å²) < 4.78 is 20.3. The molecule has 0 N–H and O–H groups in total. The van der Waals surface area contributed by atoms with Crippen molar-refractivity contribution in [3.63, 3.8) is 0 Å². The van der Waals surface area contributed by atoms with Gasteiger partial charge >= 0.3 is 0 Å². The topological polar surface area (TPSA) is 47.4 Å². The van der Waals surface area contributed by atoms with Gasteiger partial charge in [0.15, 0.2) is 0 Å². The highest BCUT2D eigenvalue weighted by molar-refractivity contribution is 7.18. The van der Waals surface area contributed by atoms with Gasteiger partial charge < -0.3 is 4.74 Å². The second kappa shape index (κ2) is 7.97. The number of nitrogens with zero attached hydrogens (tertiary/aromatic N) is 3. The summed E-state index contributed by atoms with van der Waals surface area (Å²) in [6.45, 7) is 4.18. The van der Waals surface area contributed by atoms with Crippen LogP contribution in [0.2, 0.25) is 0 Å². The van der Waals surface area contributed by atoms with Gasteiger partial charge in [-0.25, -0.2) is 9.37 Å². The van der Waals surface area contributed by atoms with E-state index in [0.29, 0.717) is 19.0 Å². The average molecular weight is 414 g/mol. The van der Waals surface area contributed by atoms with Gasteiger partial charge in [0.25, 0.3) is 5.56 Å². The first kappa shape index (κ1) is 18.9. The fraction of sp³-hybridized carbons (Fsp3) is 0.455. The van der Waals surface area contributed by atoms with Crippen LogP contribution in [0.5, 0.6) is 0 Å². The van der Waals surface area contributed by atoms with Crippen LogP contribution in [-0.4, -0.2) is 46.8 Å². The molecule has 0 spiro atoms. The third kappa shape index (κ3) is 3.74. The molecule has 3 heterocycles. The molecule has 0 radical (unpaired) electrons. The van der Waals surface area contributed by atoms with E-state index >= 15 is 0 Å². The fourth-order valence-corrected chi connectivity index (χ4v) is 5.75. The van der Waals surface area contributed by atoms with Crippen LogP contribution in [0.25, 0.3) is 10.2 Å². The number of fused-ring (bicyclic) bond motifs is 3. The second-order valence-electron chi connectivity index (χ2n) is 7.85. The molecule has 3 aromatic rings. The van der Waals surface area contributed by atoms with Gasteiger partial charge in [0.05, 0.1) is 24.9 Å². The number of benzene rings is 1. The molecule has 0 unspecified atom stereocenters. The van der Waals surface area contributed by atoms with E-state index in [1.807, 2.05) is 0 Å². The van der Waals surface area contributed by atoms with Gasteiger partial charge in [-0.3, -0.25) is 14.3 Å². The minimum atomic E-state index is -0.241. The molecule has 1 aliphatic heterocycles. The lowest BCUT2D eigenvalue weighted by Crippen LogP contribution is -2.45. The normalized spacial score (nSPS) is 20.1. The molecule has 1 aliphatic carbocycles. The minimum absolute atomic E-state index is 0.0550. The van der Waals surface area contributed by atoms with E-state index in [-0.39, 0.29) is 11.4 Å². The van der Waals surface area contributed by atoms with Gasteiger partial charge in [-0.05, 0) is 48.9 Å². The van der Waals surface area contributed by atoms with Gasteiger partial charge in [0, 0.05) is 30.6 Å². The van der Waals surface area contributed by atoms with Gasteiger partial charge in [-0.1, -0.05) is 12.1 Å². The third-order valence-electron chi connectivity index (χ3n) is 6.13. The van der Waals surface area contributed by atoms with E-state index in [1.165, 1.54) is 22.6 Å². The molecule has 1 saturated heterocycles. The summed E-state index contributed by atoms with van der Waals surface area (Å²) in [5.74, 6) is -0.241. The number of rotatable bonds is 4. The Balaban J connectivity index is 1.38. The number of thiophene rings is 1. The lowest BCUT2D eigenvalue weighted by Gasteiger charge is -2.36. The summed E-state index contributed by atoms with van der Waals surface area (Å²) in [5, 5.41) is 0.812. The van der Waals surface area contributed by atoms with Crippen LogP contribution in [0.15, 0.2) is 35.4 Å². The average Bonchev–Trinajstić information content (AvgIpc) is 3.13. The standard InChI is InChI=1S/C22H24FN3O2S/c23-16-3-1-15(2-4-16)7-8-26-14-24-21-20(22(26)27)18-6-5-17(13-19(18)29-21)25-9-11-28-12-10-25/h1-4,14,17H,5-13H2/t17-/m0/s1. The number of hydrogen-bond acceptors (Lipinski definition) is 5. The van der Waals surface area contributed by atoms with Crippen LogP contribution < -0.4 is 5.56 Å². The predicted molar refractivity (Wildman–Crippen MR) is 112 cm³/mol. The van der Waals surface area contributed by atoms with E-state index in [0.717, 1.165) is 61.3 Å². The Labute approximate surface area is 172 Å². The summed E-state index contributed by atoms with van der Waals surface area (Å²) in [6.07, 6.45) is 5.37. The van der Waals surface area contributed by atoms with Gasteiger partial charge in [-0.15, -0.1) is 11.3 Å². The zero-order valence-corrected chi connectivity index (χ0v) is 17.1. The molecule has 0 bridgehead atoms. The molecule has 1 atom stereocenters. The Morgan fingerprint density at radius 1 is 1.21 bits per heavy atom. The van der Waals surface area contributed by atoms with E-state index < -0.39 is 0 Å². The van der Waals surface area contributed by atoms with Crippen molar-refractivity contribution in [2.75, 3.05) is 26.3 Å². The van der Waals surface area contributed by atoms with Gasteiger partial charge in [-0.2, -0.15) is 0 Å². The van der Waals surface area contributed by atoms with Gasteiger partial charge in [0.2, 0.25) is 0 Å². The van der Waals surface area contributed by atoms with Crippen molar-refractivity contribution < 1.29 is 9.13 Å². The zero-order chi connectivity index (χ0) is 19.8. The molecule has 1 aromatic carbocycles. The maximum absolute atomic E-state index is 13.2. The molecule has 0 saturated carbocycles. The highest BCUT2D eigenvalue weighted by Gasteiger charge is 2.29.